The summed E-state index contributed by atoms with van der Waals surface area (Å²) in [5, 5.41) is 0. The molecule has 5 heteroatoms. The van der Waals surface area contributed by atoms with Crippen molar-refractivity contribution in [1.29, 1.82) is 0 Å². The van der Waals surface area contributed by atoms with Crippen molar-refractivity contribution in [3.63, 3.8) is 0 Å². The monoisotopic (exact) mass is 379 g/mol. The summed E-state index contributed by atoms with van der Waals surface area (Å²) in [5.41, 5.74) is 4.12. The Balaban J connectivity index is 1.48. The van der Waals surface area contributed by atoms with Crippen LogP contribution in [0, 0.1) is 19.8 Å². The Bertz CT molecular complexity index is 881. The molecule has 1 saturated heterocycles. The van der Waals surface area contributed by atoms with E-state index in [2.05, 4.69) is 29.8 Å². The lowest BCUT2D eigenvalue weighted by Crippen LogP contribution is -2.49. The fourth-order valence-corrected chi connectivity index (χ4v) is 4.76. The van der Waals surface area contributed by atoms with Crippen LogP contribution in [0.1, 0.15) is 53.0 Å². The zero-order valence-electron chi connectivity index (χ0n) is 17.0. The number of fused-ring (bicyclic) bond motifs is 1. The quantitative estimate of drug-likeness (QED) is 0.801. The standard InChI is InChI=1S/C23H29N3O2/c1-16-12-17(2)14-20(13-16)22(27)25-9-4-6-19(15-25)23(28)26-11-10-24-8-5-7-21(24)18(26)3/h5,7-8,12-14,18-19H,4,6,9-11,15H2,1-3H3. The summed E-state index contributed by atoms with van der Waals surface area (Å²) in [6.07, 6.45) is 3.82. The third kappa shape index (κ3) is 3.46. The number of nitrogens with zero attached hydrogens (tertiary/aromatic N) is 3. The number of benzene rings is 1. The number of carbonyl (C=O) groups excluding carboxylic acids is 2. The Morgan fingerprint density at radius 3 is 2.54 bits per heavy atom. The molecule has 1 fully saturated rings. The van der Waals surface area contributed by atoms with E-state index in [4.69, 9.17) is 0 Å². The molecule has 5 nitrogen and oxygen atoms in total. The fraction of sp³-hybridized carbons (Fsp3) is 0.478. The van der Waals surface area contributed by atoms with Gasteiger partial charge in [-0.05, 0) is 57.9 Å². The molecule has 2 aliphatic rings. The van der Waals surface area contributed by atoms with E-state index in [1.165, 1.54) is 5.69 Å². The zero-order valence-corrected chi connectivity index (χ0v) is 17.0. The molecule has 0 saturated carbocycles. The summed E-state index contributed by atoms with van der Waals surface area (Å²) in [4.78, 5) is 30.2. The van der Waals surface area contributed by atoms with E-state index in [-0.39, 0.29) is 23.8 Å². The first-order valence-corrected chi connectivity index (χ1v) is 10.3. The van der Waals surface area contributed by atoms with E-state index in [1.807, 2.05) is 41.8 Å². The molecule has 4 rings (SSSR count). The summed E-state index contributed by atoms with van der Waals surface area (Å²) >= 11 is 0. The molecular formula is C23H29N3O2. The number of hydrogen-bond donors (Lipinski definition) is 0. The van der Waals surface area contributed by atoms with Gasteiger partial charge in [0.1, 0.15) is 0 Å². The second kappa shape index (κ2) is 7.46. The molecule has 0 N–H and O–H groups in total. The normalized spacial score (nSPS) is 22.1. The first kappa shape index (κ1) is 18.8. The summed E-state index contributed by atoms with van der Waals surface area (Å²) in [7, 11) is 0. The van der Waals surface area contributed by atoms with Crippen molar-refractivity contribution < 1.29 is 9.59 Å². The number of aryl methyl sites for hydroxylation is 2. The number of piperidine rings is 1. The van der Waals surface area contributed by atoms with Gasteiger partial charge in [-0.25, -0.2) is 0 Å². The number of rotatable bonds is 2. The van der Waals surface area contributed by atoms with Crippen molar-refractivity contribution in [2.24, 2.45) is 5.92 Å². The van der Waals surface area contributed by atoms with E-state index in [9.17, 15) is 9.59 Å². The van der Waals surface area contributed by atoms with E-state index in [0.29, 0.717) is 6.54 Å². The molecule has 0 spiro atoms. The van der Waals surface area contributed by atoms with Crippen LogP contribution in [-0.2, 0) is 11.3 Å². The van der Waals surface area contributed by atoms with Crippen LogP contribution >= 0.6 is 0 Å². The van der Waals surface area contributed by atoms with Gasteiger partial charge in [0.05, 0.1) is 12.0 Å². The Morgan fingerprint density at radius 2 is 1.79 bits per heavy atom. The summed E-state index contributed by atoms with van der Waals surface area (Å²) in [5.74, 6) is 0.135. The summed E-state index contributed by atoms with van der Waals surface area (Å²) in [6, 6.07) is 10.2. The predicted octanol–water partition coefficient (Wildman–Crippen LogP) is 3.56. The highest BCUT2D eigenvalue weighted by molar-refractivity contribution is 5.95. The lowest BCUT2D eigenvalue weighted by atomic mass is 9.94. The van der Waals surface area contributed by atoms with Crippen molar-refractivity contribution in [2.75, 3.05) is 19.6 Å². The van der Waals surface area contributed by atoms with E-state index < -0.39 is 0 Å². The molecule has 3 heterocycles. The highest BCUT2D eigenvalue weighted by Crippen LogP contribution is 2.29. The van der Waals surface area contributed by atoms with Crippen molar-refractivity contribution in [2.45, 2.75) is 46.2 Å². The maximum atomic E-state index is 13.3. The van der Waals surface area contributed by atoms with Crippen LogP contribution in [0.25, 0.3) is 0 Å². The molecule has 148 valence electrons. The van der Waals surface area contributed by atoms with Gasteiger partial charge in [-0.2, -0.15) is 0 Å². The molecule has 2 aliphatic heterocycles. The molecule has 2 aromatic rings. The maximum absolute atomic E-state index is 13.3. The minimum atomic E-state index is -0.104. The maximum Gasteiger partial charge on any atom is 0.253 e. The summed E-state index contributed by atoms with van der Waals surface area (Å²) in [6.45, 7) is 8.96. The van der Waals surface area contributed by atoms with Crippen molar-refractivity contribution >= 4 is 11.8 Å². The molecule has 2 unspecified atom stereocenters. The van der Waals surface area contributed by atoms with Crippen LogP contribution in [0.2, 0.25) is 0 Å². The molecule has 2 amide bonds. The molecule has 0 aliphatic carbocycles. The van der Waals surface area contributed by atoms with Crippen molar-refractivity contribution in [1.82, 2.24) is 14.4 Å². The van der Waals surface area contributed by atoms with Gasteiger partial charge in [-0.15, -0.1) is 0 Å². The van der Waals surface area contributed by atoms with Crippen molar-refractivity contribution in [3.05, 3.63) is 58.9 Å². The lowest BCUT2D eigenvalue weighted by Gasteiger charge is -2.40. The Morgan fingerprint density at radius 1 is 1.04 bits per heavy atom. The predicted molar refractivity (Wildman–Crippen MR) is 109 cm³/mol. The molecule has 1 aromatic carbocycles. The van der Waals surface area contributed by atoms with Gasteiger partial charge >= 0.3 is 0 Å². The van der Waals surface area contributed by atoms with Crippen LogP contribution in [0.3, 0.4) is 0 Å². The van der Waals surface area contributed by atoms with Crippen molar-refractivity contribution in [3.8, 4) is 0 Å². The van der Waals surface area contributed by atoms with E-state index in [1.54, 1.807) is 0 Å². The smallest absolute Gasteiger partial charge is 0.253 e. The van der Waals surface area contributed by atoms with Crippen LogP contribution in [-0.4, -0.2) is 45.8 Å². The molecule has 28 heavy (non-hydrogen) atoms. The van der Waals surface area contributed by atoms with Gasteiger partial charge in [0.15, 0.2) is 0 Å². The second-order valence-corrected chi connectivity index (χ2v) is 8.30. The first-order valence-electron chi connectivity index (χ1n) is 10.3. The van der Waals surface area contributed by atoms with Crippen LogP contribution < -0.4 is 0 Å². The largest absolute Gasteiger partial charge is 0.348 e. The Labute approximate surface area is 166 Å². The number of hydrogen-bond acceptors (Lipinski definition) is 2. The Hall–Kier alpha value is -2.56. The molecule has 2 atom stereocenters. The number of carbonyl (C=O) groups is 2. The van der Waals surface area contributed by atoms with Gasteiger partial charge in [0.2, 0.25) is 5.91 Å². The molecule has 0 bridgehead atoms. The van der Waals surface area contributed by atoms with E-state index >= 15 is 0 Å². The third-order valence-corrected chi connectivity index (χ3v) is 6.15. The highest BCUT2D eigenvalue weighted by Gasteiger charge is 2.35. The highest BCUT2D eigenvalue weighted by atomic mass is 16.2. The van der Waals surface area contributed by atoms with Gasteiger partial charge in [0, 0.05) is 43.6 Å². The number of likely N-dealkylation sites (tertiary alicyclic amines) is 1. The van der Waals surface area contributed by atoms with E-state index in [0.717, 1.165) is 49.2 Å². The van der Waals surface area contributed by atoms with Crippen LogP contribution in [0.4, 0.5) is 0 Å². The Kier molecular flexibility index (Phi) is 5.00. The van der Waals surface area contributed by atoms with Gasteiger partial charge in [-0.1, -0.05) is 17.2 Å². The van der Waals surface area contributed by atoms with Crippen LogP contribution in [0.15, 0.2) is 36.5 Å². The molecule has 1 aromatic heterocycles. The minimum Gasteiger partial charge on any atom is -0.348 e. The average molecular weight is 380 g/mol. The second-order valence-electron chi connectivity index (χ2n) is 8.30. The molecular weight excluding hydrogens is 350 g/mol. The summed E-state index contributed by atoms with van der Waals surface area (Å²) < 4.78 is 2.23. The fourth-order valence-electron chi connectivity index (χ4n) is 4.76. The number of amides is 2. The topological polar surface area (TPSA) is 45.6 Å². The SMILES string of the molecule is Cc1cc(C)cc(C(=O)N2CCCC(C(=O)N3CCn4cccc4C3C)C2)c1. The number of aromatic nitrogens is 1. The first-order chi connectivity index (χ1) is 13.4. The third-order valence-electron chi connectivity index (χ3n) is 6.15. The van der Waals surface area contributed by atoms with Gasteiger partial charge in [0.25, 0.3) is 5.91 Å². The zero-order chi connectivity index (χ0) is 19.8. The molecule has 0 radical (unpaired) electrons. The van der Waals surface area contributed by atoms with Crippen LogP contribution in [0.5, 0.6) is 0 Å². The van der Waals surface area contributed by atoms with Gasteiger partial charge < -0.3 is 14.4 Å². The lowest BCUT2D eigenvalue weighted by molar-refractivity contribution is -0.140. The average Bonchev–Trinajstić information content (AvgIpc) is 3.16. The minimum absolute atomic E-state index is 0.0462. The van der Waals surface area contributed by atoms with Gasteiger partial charge in [-0.3, -0.25) is 9.59 Å².